The number of ether oxygens (including phenoxy) is 1. The molecule has 5 heteroatoms. The number of nitrogens with one attached hydrogen (secondary N) is 1. The average Bonchev–Trinajstić information content (AvgIpc) is 3.11. The van der Waals surface area contributed by atoms with Gasteiger partial charge in [-0.3, -0.25) is 9.69 Å². The van der Waals surface area contributed by atoms with Gasteiger partial charge in [-0.25, -0.2) is 0 Å². The number of thiophene rings is 1. The van der Waals surface area contributed by atoms with Crippen LogP contribution in [0.1, 0.15) is 35.4 Å². The van der Waals surface area contributed by atoms with Crippen molar-refractivity contribution in [2.24, 2.45) is 0 Å². The summed E-state index contributed by atoms with van der Waals surface area (Å²) in [6, 6.07) is 5.55. The fourth-order valence-corrected chi connectivity index (χ4v) is 4.50. The van der Waals surface area contributed by atoms with E-state index in [-0.39, 0.29) is 5.97 Å². The molecule has 2 saturated heterocycles. The number of carbonyl (C=O) groups excluding carboxylic acids is 1. The highest BCUT2D eigenvalue weighted by atomic mass is 32.1. The molecule has 0 radical (unpaired) electrons. The topological polar surface area (TPSA) is 41.6 Å². The second-order valence-electron chi connectivity index (χ2n) is 6.00. The van der Waals surface area contributed by atoms with E-state index in [4.69, 9.17) is 4.74 Å². The van der Waals surface area contributed by atoms with Crippen molar-refractivity contribution >= 4 is 17.3 Å². The Morgan fingerprint density at radius 3 is 3.05 bits per heavy atom. The monoisotopic (exact) mass is 308 g/mol. The van der Waals surface area contributed by atoms with Gasteiger partial charge in [0.1, 0.15) is 0 Å². The molecule has 4 nitrogen and oxygen atoms in total. The molecule has 3 heterocycles. The highest BCUT2D eigenvalue weighted by Gasteiger charge is 2.34. The SMILES string of the molecule is COC(=O)Cc1ccc(CNC2CCN3CCCCC23)s1. The Kier molecular flexibility index (Phi) is 4.93. The minimum Gasteiger partial charge on any atom is -0.469 e. The Morgan fingerprint density at radius 2 is 2.19 bits per heavy atom. The standard InChI is InChI=1S/C16H24N2O2S/c1-20-16(19)10-12-5-6-13(21-12)11-17-14-7-9-18-8-3-2-4-15(14)18/h5-6,14-15,17H,2-4,7-11H2,1H3. The lowest BCUT2D eigenvalue weighted by Gasteiger charge is -2.32. The molecule has 1 aromatic rings. The van der Waals surface area contributed by atoms with Crippen molar-refractivity contribution in [3.63, 3.8) is 0 Å². The summed E-state index contributed by atoms with van der Waals surface area (Å²) < 4.78 is 4.71. The number of rotatable bonds is 5. The molecule has 0 amide bonds. The average molecular weight is 308 g/mol. The van der Waals surface area contributed by atoms with Crippen molar-refractivity contribution in [1.29, 1.82) is 0 Å². The summed E-state index contributed by atoms with van der Waals surface area (Å²) in [5, 5.41) is 3.73. The molecule has 2 unspecified atom stereocenters. The van der Waals surface area contributed by atoms with Crippen LogP contribution in [0.5, 0.6) is 0 Å². The van der Waals surface area contributed by atoms with Crippen LogP contribution in [0.4, 0.5) is 0 Å². The molecule has 2 atom stereocenters. The highest BCUT2D eigenvalue weighted by molar-refractivity contribution is 7.12. The summed E-state index contributed by atoms with van der Waals surface area (Å²) >= 11 is 1.71. The van der Waals surface area contributed by atoms with Crippen molar-refractivity contribution in [1.82, 2.24) is 10.2 Å². The Hall–Kier alpha value is -0.910. The van der Waals surface area contributed by atoms with Gasteiger partial charge < -0.3 is 10.1 Å². The normalized spacial score (nSPS) is 25.8. The van der Waals surface area contributed by atoms with Crippen molar-refractivity contribution < 1.29 is 9.53 Å². The van der Waals surface area contributed by atoms with E-state index < -0.39 is 0 Å². The van der Waals surface area contributed by atoms with Crippen LogP contribution in [0.15, 0.2) is 12.1 Å². The predicted molar refractivity (Wildman–Crippen MR) is 84.5 cm³/mol. The molecule has 0 aliphatic carbocycles. The van der Waals surface area contributed by atoms with E-state index in [0.717, 1.165) is 17.5 Å². The van der Waals surface area contributed by atoms with Crippen molar-refractivity contribution in [3.05, 3.63) is 21.9 Å². The maximum atomic E-state index is 11.3. The molecule has 1 N–H and O–H groups in total. The number of nitrogens with zero attached hydrogens (tertiary/aromatic N) is 1. The lowest BCUT2D eigenvalue weighted by molar-refractivity contribution is -0.139. The molecule has 21 heavy (non-hydrogen) atoms. The van der Waals surface area contributed by atoms with Gasteiger partial charge in [0.15, 0.2) is 0 Å². The Balaban J connectivity index is 1.50. The van der Waals surface area contributed by atoms with Crippen molar-refractivity contribution in [2.45, 2.75) is 50.7 Å². The van der Waals surface area contributed by atoms with Gasteiger partial charge in [0.25, 0.3) is 0 Å². The summed E-state index contributed by atoms with van der Waals surface area (Å²) in [4.78, 5) is 16.3. The molecule has 0 spiro atoms. The lowest BCUT2D eigenvalue weighted by atomic mass is 9.99. The number of hydrogen-bond acceptors (Lipinski definition) is 5. The van der Waals surface area contributed by atoms with E-state index in [2.05, 4.69) is 16.3 Å². The van der Waals surface area contributed by atoms with Crippen LogP contribution in [-0.4, -0.2) is 43.2 Å². The molecule has 2 fully saturated rings. The smallest absolute Gasteiger partial charge is 0.310 e. The Labute approximate surface area is 130 Å². The van der Waals surface area contributed by atoms with Crippen molar-refractivity contribution in [3.8, 4) is 0 Å². The first-order chi connectivity index (χ1) is 10.3. The summed E-state index contributed by atoms with van der Waals surface area (Å²) in [6.07, 6.45) is 5.74. The summed E-state index contributed by atoms with van der Waals surface area (Å²) in [5.74, 6) is -0.162. The van der Waals surface area contributed by atoms with Gasteiger partial charge in [0, 0.05) is 34.9 Å². The third-order valence-electron chi connectivity index (χ3n) is 4.66. The van der Waals surface area contributed by atoms with Gasteiger partial charge in [-0.2, -0.15) is 0 Å². The molecule has 116 valence electrons. The van der Waals surface area contributed by atoms with E-state index in [1.54, 1.807) is 11.3 Å². The zero-order chi connectivity index (χ0) is 14.7. The number of hydrogen-bond donors (Lipinski definition) is 1. The van der Waals surface area contributed by atoms with Gasteiger partial charge in [0.2, 0.25) is 0 Å². The van der Waals surface area contributed by atoms with Crippen LogP contribution in [-0.2, 0) is 22.5 Å². The number of fused-ring (bicyclic) bond motifs is 1. The third kappa shape index (κ3) is 3.65. The second kappa shape index (κ2) is 6.90. The van der Waals surface area contributed by atoms with E-state index >= 15 is 0 Å². The van der Waals surface area contributed by atoms with Crippen LogP contribution in [0.25, 0.3) is 0 Å². The van der Waals surface area contributed by atoms with Crippen LogP contribution in [0.2, 0.25) is 0 Å². The molecule has 0 aromatic carbocycles. The van der Waals surface area contributed by atoms with Crippen LogP contribution in [0, 0.1) is 0 Å². The van der Waals surface area contributed by atoms with E-state index in [1.165, 1.54) is 50.8 Å². The first-order valence-electron chi connectivity index (χ1n) is 7.88. The summed E-state index contributed by atoms with van der Waals surface area (Å²) in [5.41, 5.74) is 0. The lowest BCUT2D eigenvalue weighted by Crippen LogP contribution is -2.44. The molecule has 0 bridgehead atoms. The molecule has 3 rings (SSSR count). The molecule has 0 saturated carbocycles. The van der Waals surface area contributed by atoms with Gasteiger partial charge in [0.05, 0.1) is 13.5 Å². The predicted octanol–water partition coefficient (Wildman–Crippen LogP) is 2.18. The zero-order valence-electron chi connectivity index (χ0n) is 12.6. The van der Waals surface area contributed by atoms with Gasteiger partial charge in [-0.05, 0) is 37.9 Å². The van der Waals surface area contributed by atoms with E-state index in [0.29, 0.717) is 12.5 Å². The molecular weight excluding hydrogens is 284 g/mol. The maximum absolute atomic E-state index is 11.3. The third-order valence-corrected chi connectivity index (χ3v) is 5.74. The number of methoxy groups -OCH3 is 1. The number of esters is 1. The zero-order valence-corrected chi connectivity index (χ0v) is 13.5. The minimum absolute atomic E-state index is 0.162. The molecule has 2 aliphatic rings. The summed E-state index contributed by atoms with van der Waals surface area (Å²) in [7, 11) is 1.44. The van der Waals surface area contributed by atoms with E-state index in [1.807, 2.05) is 6.07 Å². The van der Waals surface area contributed by atoms with Gasteiger partial charge in [-0.1, -0.05) is 6.42 Å². The van der Waals surface area contributed by atoms with Gasteiger partial charge >= 0.3 is 5.97 Å². The number of carbonyl (C=O) groups is 1. The maximum Gasteiger partial charge on any atom is 0.310 e. The van der Waals surface area contributed by atoms with Crippen molar-refractivity contribution in [2.75, 3.05) is 20.2 Å². The second-order valence-corrected chi connectivity index (χ2v) is 7.25. The molecule has 2 aliphatic heterocycles. The largest absolute Gasteiger partial charge is 0.469 e. The minimum atomic E-state index is -0.162. The Morgan fingerprint density at radius 1 is 1.33 bits per heavy atom. The quantitative estimate of drug-likeness (QED) is 0.847. The Bertz CT molecular complexity index is 488. The highest BCUT2D eigenvalue weighted by Crippen LogP contribution is 2.27. The summed E-state index contributed by atoms with van der Waals surface area (Å²) in [6.45, 7) is 3.45. The fourth-order valence-electron chi connectivity index (χ4n) is 3.54. The van der Waals surface area contributed by atoms with Gasteiger partial charge in [-0.15, -0.1) is 11.3 Å². The molecule has 1 aromatic heterocycles. The van der Waals surface area contributed by atoms with E-state index in [9.17, 15) is 4.79 Å². The first kappa shape index (κ1) is 15.0. The fraction of sp³-hybridized carbons (Fsp3) is 0.688. The van der Waals surface area contributed by atoms with Crippen LogP contribution >= 0.6 is 11.3 Å². The first-order valence-corrected chi connectivity index (χ1v) is 8.70. The molecular formula is C16H24N2O2S. The van der Waals surface area contributed by atoms with Crippen LogP contribution < -0.4 is 5.32 Å². The van der Waals surface area contributed by atoms with Crippen LogP contribution in [0.3, 0.4) is 0 Å². The number of piperidine rings is 1.